The van der Waals surface area contributed by atoms with Crippen molar-refractivity contribution in [3.63, 3.8) is 0 Å². The van der Waals surface area contributed by atoms with Crippen LogP contribution in [-0.2, 0) is 6.54 Å². The fourth-order valence-corrected chi connectivity index (χ4v) is 2.24. The van der Waals surface area contributed by atoms with Gasteiger partial charge in [-0.2, -0.15) is 5.10 Å². The smallest absolute Gasteiger partial charge is 0.261 e. The molecule has 0 spiro atoms. The first kappa shape index (κ1) is 16.2. The second-order valence-corrected chi connectivity index (χ2v) is 6.09. The van der Waals surface area contributed by atoms with Gasteiger partial charge in [0.15, 0.2) is 0 Å². The van der Waals surface area contributed by atoms with Gasteiger partial charge in [0.1, 0.15) is 6.33 Å². The molecule has 0 aliphatic carbocycles. The van der Waals surface area contributed by atoms with Gasteiger partial charge in [0.2, 0.25) is 5.95 Å². The SMILES string of the molecule is CC(C)n1cc(C(=O)Nc2ncn(Cc3ccc(Cl)cc3)n2)cn1. The second kappa shape index (κ2) is 6.84. The van der Waals surface area contributed by atoms with E-state index in [0.29, 0.717) is 17.1 Å². The Morgan fingerprint density at radius 3 is 2.71 bits per heavy atom. The summed E-state index contributed by atoms with van der Waals surface area (Å²) in [5, 5.41) is 11.8. The van der Waals surface area contributed by atoms with E-state index in [1.165, 1.54) is 6.20 Å². The van der Waals surface area contributed by atoms with Gasteiger partial charge in [-0.05, 0) is 31.5 Å². The van der Waals surface area contributed by atoms with Crippen molar-refractivity contribution in [1.82, 2.24) is 24.5 Å². The first-order valence-electron chi connectivity index (χ1n) is 7.50. The predicted molar refractivity (Wildman–Crippen MR) is 91.1 cm³/mol. The van der Waals surface area contributed by atoms with Crippen molar-refractivity contribution in [2.24, 2.45) is 0 Å². The van der Waals surface area contributed by atoms with E-state index in [1.807, 2.05) is 38.1 Å². The largest absolute Gasteiger partial charge is 0.289 e. The van der Waals surface area contributed by atoms with Crippen LogP contribution in [0.4, 0.5) is 5.95 Å². The number of carbonyl (C=O) groups is 1. The molecule has 2 heterocycles. The summed E-state index contributed by atoms with van der Waals surface area (Å²) in [6, 6.07) is 7.68. The number of hydrogen-bond acceptors (Lipinski definition) is 4. The normalized spacial score (nSPS) is 11.0. The lowest BCUT2D eigenvalue weighted by atomic mass is 10.2. The highest BCUT2D eigenvalue weighted by Crippen LogP contribution is 2.11. The maximum absolute atomic E-state index is 12.2. The number of aromatic nitrogens is 5. The van der Waals surface area contributed by atoms with Gasteiger partial charge in [-0.3, -0.25) is 14.8 Å². The van der Waals surface area contributed by atoms with Gasteiger partial charge in [-0.15, -0.1) is 5.10 Å². The number of carbonyl (C=O) groups excluding carboxylic acids is 1. The third-order valence-corrected chi connectivity index (χ3v) is 3.66. The van der Waals surface area contributed by atoms with E-state index >= 15 is 0 Å². The summed E-state index contributed by atoms with van der Waals surface area (Å²) in [7, 11) is 0. The second-order valence-electron chi connectivity index (χ2n) is 5.65. The van der Waals surface area contributed by atoms with Crippen LogP contribution in [0.2, 0.25) is 5.02 Å². The zero-order chi connectivity index (χ0) is 17.1. The molecule has 0 fully saturated rings. The molecule has 7 nitrogen and oxygen atoms in total. The number of nitrogens with one attached hydrogen (secondary N) is 1. The summed E-state index contributed by atoms with van der Waals surface area (Å²) in [5.41, 5.74) is 1.51. The minimum Gasteiger partial charge on any atom is -0.289 e. The molecule has 1 aromatic carbocycles. The number of anilines is 1. The lowest BCUT2D eigenvalue weighted by Crippen LogP contribution is -2.13. The van der Waals surface area contributed by atoms with Crippen LogP contribution < -0.4 is 5.32 Å². The van der Waals surface area contributed by atoms with Crippen molar-refractivity contribution in [2.75, 3.05) is 5.32 Å². The van der Waals surface area contributed by atoms with Crippen LogP contribution in [0.3, 0.4) is 0 Å². The number of amides is 1. The third-order valence-electron chi connectivity index (χ3n) is 3.41. The van der Waals surface area contributed by atoms with Gasteiger partial charge >= 0.3 is 0 Å². The number of nitrogens with zero attached hydrogens (tertiary/aromatic N) is 5. The van der Waals surface area contributed by atoms with Crippen molar-refractivity contribution in [2.45, 2.75) is 26.4 Å². The Morgan fingerprint density at radius 2 is 2.04 bits per heavy atom. The molecule has 124 valence electrons. The van der Waals surface area contributed by atoms with Crippen LogP contribution in [0.15, 0.2) is 43.0 Å². The summed E-state index contributed by atoms with van der Waals surface area (Å²) >= 11 is 5.87. The molecule has 3 rings (SSSR count). The maximum atomic E-state index is 12.2. The molecule has 1 N–H and O–H groups in total. The summed E-state index contributed by atoms with van der Waals surface area (Å²) in [6.45, 7) is 4.54. The van der Waals surface area contributed by atoms with E-state index in [0.717, 1.165) is 5.56 Å². The first-order chi connectivity index (χ1) is 11.5. The van der Waals surface area contributed by atoms with Crippen LogP contribution in [0, 0.1) is 0 Å². The molecular formula is C16H17ClN6O. The molecule has 0 aliphatic rings. The minimum absolute atomic E-state index is 0.197. The number of rotatable bonds is 5. The van der Waals surface area contributed by atoms with Gasteiger partial charge < -0.3 is 0 Å². The van der Waals surface area contributed by atoms with Crippen LogP contribution in [0.25, 0.3) is 0 Å². The van der Waals surface area contributed by atoms with Crippen LogP contribution >= 0.6 is 11.6 Å². The molecule has 2 aromatic heterocycles. The molecule has 0 bridgehead atoms. The summed E-state index contributed by atoms with van der Waals surface area (Å²) in [5.74, 6) is -0.0302. The van der Waals surface area contributed by atoms with Gasteiger partial charge in [-0.1, -0.05) is 23.7 Å². The molecule has 8 heteroatoms. The Balaban J connectivity index is 1.64. The fourth-order valence-electron chi connectivity index (χ4n) is 2.12. The van der Waals surface area contributed by atoms with Crippen molar-refractivity contribution in [3.8, 4) is 0 Å². The van der Waals surface area contributed by atoms with Gasteiger partial charge in [-0.25, -0.2) is 9.67 Å². The lowest BCUT2D eigenvalue weighted by Gasteiger charge is -2.03. The third kappa shape index (κ3) is 3.80. The average molecular weight is 345 g/mol. The van der Waals surface area contributed by atoms with Gasteiger partial charge in [0.25, 0.3) is 5.91 Å². The Kier molecular flexibility index (Phi) is 4.61. The van der Waals surface area contributed by atoms with E-state index in [2.05, 4.69) is 20.5 Å². The van der Waals surface area contributed by atoms with E-state index in [4.69, 9.17) is 11.6 Å². The first-order valence-corrected chi connectivity index (χ1v) is 7.88. The molecule has 3 aromatic rings. The zero-order valence-corrected chi connectivity index (χ0v) is 14.1. The Hall–Kier alpha value is -2.67. The van der Waals surface area contributed by atoms with E-state index in [-0.39, 0.29) is 17.9 Å². The van der Waals surface area contributed by atoms with Gasteiger partial charge in [0, 0.05) is 17.3 Å². The number of hydrogen-bond donors (Lipinski definition) is 1. The van der Waals surface area contributed by atoms with Gasteiger partial charge in [0.05, 0.1) is 18.3 Å². The van der Waals surface area contributed by atoms with Crippen LogP contribution in [0.1, 0.15) is 35.8 Å². The van der Waals surface area contributed by atoms with Crippen molar-refractivity contribution < 1.29 is 4.79 Å². The predicted octanol–water partition coefficient (Wildman–Crippen LogP) is 3.01. The highest BCUT2D eigenvalue weighted by molar-refractivity contribution is 6.30. The monoisotopic (exact) mass is 344 g/mol. The molecule has 1 amide bonds. The quantitative estimate of drug-likeness (QED) is 0.771. The summed E-state index contributed by atoms with van der Waals surface area (Å²) in [4.78, 5) is 16.3. The topological polar surface area (TPSA) is 77.6 Å². The molecule has 0 saturated carbocycles. The van der Waals surface area contributed by atoms with Crippen molar-refractivity contribution in [1.29, 1.82) is 0 Å². The lowest BCUT2D eigenvalue weighted by molar-refractivity contribution is 0.102. The van der Waals surface area contributed by atoms with Crippen LogP contribution in [0.5, 0.6) is 0 Å². The molecule has 0 saturated heterocycles. The molecular weight excluding hydrogens is 328 g/mol. The van der Waals surface area contributed by atoms with Crippen LogP contribution in [-0.4, -0.2) is 30.5 Å². The standard InChI is InChI=1S/C16H17ClN6O/c1-11(2)23-9-13(7-19-23)15(24)20-16-18-10-22(21-16)8-12-3-5-14(17)6-4-12/h3-7,9-11H,8H2,1-2H3,(H,20,21,24). The Morgan fingerprint density at radius 1 is 1.29 bits per heavy atom. The summed E-state index contributed by atoms with van der Waals surface area (Å²) in [6.07, 6.45) is 4.80. The van der Waals surface area contributed by atoms with Crippen molar-refractivity contribution >= 4 is 23.5 Å². The average Bonchev–Trinajstić information content (AvgIpc) is 3.19. The van der Waals surface area contributed by atoms with E-state index in [1.54, 1.807) is 21.9 Å². The molecule has 0 radical (unpaired) electrons. The van der Waals surface area contributed by atoms with E-state index < -0.39 is 0 Å². The Bertz CT molecular complexity index is 836. The molecule has 0 atom stereocenters. The summed E-state index contributed by atoms with van der Waals surface area (Å²) < 4.78 is 3.37. The van der Waals surface area contributed by atoms with E-state index in [9.17, 15) is 4.79 Å². The molecule has 0 unspecified atom stereocenters. The Labute approximate surface area is 144 Å². The highest BCUT2D eigenvalue weighted by Gasteiger charge is 2.12. The minimum atomic E-state index is -0.286. The number of benzene rings is 1. The fraction of sp³-hybridized carbons (Fsp3) is 0.250. The highest BCUT2D eigenvalue weighted by atomic mass is 35.5. The molecule has 0 aliphatic heterocycles. The molecule has 24 heavy (non-hydrogen) atoms. The number of halogens is 1. The zero-order valence-electron chi connectivity index (χ0n) is 13.3. The van der Waals surface area contributed by atoms with Crippen molar-refractivity contribution in [3.05, 3.63) is 59.1 Å². The maximum Gasteiger partial charge on any atom is 0.261 e.